The summed E-state index contributed by atoms with van der Waals surface area (Å²) < 4.78 is 0. The number of urea groups is 1. The van der Waals surface area contributed by atoms with Crippen molar-refractivity contribution in [1.82, 2.24) is 4.90 Å². The van der Waals surface area contributed by atoms with Gasteiger partial charge in [0.2, 0.25) is 0 Å². The van der Waals surface area contributed by atoms with Gasteiger partial charge >= 0.3 is 12.0 Å². The lowest BCUT2D eigenvalue weighted by Crippen LogP contribution is -2.46. The Hall–Kier alpha value is -1.46. The molecular formula is C14H16Cl2N2O3. The Bertz CT molecular complexity index is 569. The molecule has 1 aliphatic heterocycles. The first-order valence-corrected chi connectivity index (χ1v) is 7.32. The topological polar surface area (TPSA) is 69.6 Å². The minimum absolute atomic E-state index is 0.299. The van der Waals surface area contributed by atoms with Gasteiger partial charge in [0.25, 0.3) is 0 Å². The molecule has 5 nitrogen and oxygen atoms in total. The SMILES string of the molecule is CC1(C(=O)O)CCN(C(=O)Nc2cc(Cl)ccc2Cl)CC1. The molecule has 2 amide bonds. The highest BCUT2D eigenvalue weighted by molar-refractivity contribution is 6.35. The Labute approximate surface area is 132 Å². The molecule has 1 aromatic rings. The number of hydrogen-bond donors (Lipinski definition) is 2. The second-order valence-corrected chi connectivity index (χ2v) is 6.25. The maximum atomic E-state index is 12.2. The largest absolute Gasteiger partial charge is 0.481 e. The van der Waals surface area contributed by atoms with Crippen molar-refractivity contribution in [2.24, 2.45) is 5.41 Å². The van der Waals surface area contributed by atoms with E-state index in [2.05, 4.69) is 5.32 Å². The highest BCUT2D eigenvalue weighted by Gasteiger charge is 2.38. The summed E-state index contributed by atoms with van der Waals surface area (Å²) in [5, 5.41) is 12.8. The Balaban J connectivity index is 2.00. The van der Waals surface area contributed by atoms with E-state index in [0.29, 0.717) is 41.7 Å². The zero-order valence-electron chi connectivity index (χ0n) is 11.5. The van der Waals surface area contributed by atoms with Gasteiger partial charge in [0.15, 0.2) is 0 Å². The van der Waals surface area contributed by atoms with Gasteiger partial charge in [-0.05, 0) is 38.0 Å². The number of likely N-dealkylation sites (tertiary alicyclic amines) is 1. The molecule has 1 saturated heterocycles. The molecule has 0 unspecified atom stereocenters. The van der Waals surface area contributed by atoms with Crippen molar-refractivity contribution in [2.45, 2.75) is 19.8 Å². The van der Waals surface area contributed by atoms with Crippen molar-refractivity contribution < 1.29 is 14.7 Å². The molecule has 0 radical (unpaired) electrons. The van der Waals surface area contributed by atoms with Crippen LogP contribution in [0.15, 0.2) is 18.2 Å². The predicted molar refractivity (Wildman–Crippen MR) is 82.0 cm³/mol. The normalized spacial score (nSPS) is 17.4. The summed E-state index contributed by atoms with van der Waals surface area (Å²) in [5.74, 6) is -0.819. The average molecular weight is 331 g/mol. The van der Waals surface area contributed by atoms with Crippen LogP contribution in [-0.2, 0) is 4.79 Å². The van der Waals surface area contributed by atoms with Gasteiger partial charge in [-0.25, -0.2) is 4.79 Å². The lowest BCUT2D eigenvalue weighted by atomic mass is 9.80. The minimum atomic E-state index is -0.819. The summed E-state index contributed by atoms with van der Waals surface area (Å²) in [5.41, 5.74) is -0.314. The van der Waals surface area contributed by atoms with Gasteiger partial charge in [-0.3, -0.25) is 4.79 Å². The number of nitrogens with one attached hydrogen (secondary N) is 1. The van der Waals surface area contributed by atoms with Crippen LogP contribution in [0.1, 0.15) is 19.8 Å². The fourth-order valence-corrected chi connectivity index (χ4v) is 2.54. The van der Waals surface area contributed by atoms with Crippen molar-refractivity contribution in [3.8, 4) is 0 Å². The van der Waals surface area contributed by atoms with Gasteiger partial charge in [0, 0.05) is 18.1 Å². The smallest absolute Gasteiger partial charge is 0.321 e. The number of halogens is 2. The third kappa shape index (κ3) is 3.60. The first kappa shape index (κ1) is 15.9. The summed E-state index contributed by atoms with van der Waals surface area (Å²) in [6, 6.07) is 4.52. The number of carboxylic acid groups (broad SMARTS) is 1. The number of benzene rings is 1. The summed E-state index contributed by atoms with van der Waals surface area (Å²) in [4.78, 5) is 24.9. The summed E-state index contributed by atoms with van der Waals surface area (Å²) in [7, 11) is 0. The van der Waals surface area contributed by atoms with E-state index in [1.807, 2.05) is 0 Å². The molecule has 0 saturated carbocycles. The average Bonchev–Trinajstić information content (AvgIpc) is 2.43. The van der Waals surface area contributed by atoms with Crippen LogP contribution in [-0.4, -0.2) is 35.1 Å². The third-order valence-corrected chi connectivity index (χ3v) is 4.41. The Kier molecular flexibility index (Phi) is 4.64. The van der Waals surface area contributed by atoms with Crippen LogP contribution in [0.3, 0.4) is 0 Å². The molecule has 0 aliphatic carbocycles. The maximum Gasteiger partial charge on any atom is 0.321 e. The molecule has 0 bridgehead atoms. The van der Waals surface area contributed by atoms with Crippen LogP contribution >= 0.6 is 23.2 Å². The van der Waals surface area contributed by atoms with Gasteiger partial charge in [-0.15, -0.1) is 0 Å². The van der Waals surface area contributed by atoms with E-state index in [4.69, 9.17) is 23.2 Å². The van der Waals surface area contributed by atoms with Gasteiger partial charge in [0.05, 0.1) is 16.1 Å². The number of anilines is 1. The van der Waals surface area contributed by atoms with Crippen LogP contribution in [0.2, 0.25) is 10.0 Å². The fourth-order valence-electron chi connectivity index (χ4n) is 2.20. The fraction of sp³-hybridized carbons (Fsp3) is 0.429. The van der Waals surface area contributed by atoms with Gasteiger partial charge in [-0.1, -0.05) is 23.2 Å². The molecule has 1 aromatic carbocycles. The zero-order valence-corrected chi connectivity index (χ0v) is 13.0. The number of nitrogens with zero attached hydrogens (tertiary/aromatic N) is 1. The van der Waals surface area contributed by atoms with Crippen molar-refractivity contribution in [3.05, 3.63) is 28.2 Å². The van der Waals surface area contributed by atoms with Crippen molar-refractivity contribution in [1.29, 1.82) is 0 Å². The number of rotatable bonds is 2. The lowest BCUT2D eigenvalue weighted by Gasteiger charge is -2.36. The van der Waals surface area contributed by atoms with E-state index in [1.165, 1.54) is 0 Å². The number of piperidine rings is 1. The first-order valence-electron chi connectivity index (χ1n) is 6.56. The van der Waals surface area contributed by atoms with Crippen LogP contribution in [0.5, 0.6) is 0 Å². The molecule has 0 atom stereocenters. The van der Waals surface area contributed by atoms with Gasteiger partial charge < -0.3 is 15.3 Å². The Morgan fingerprint density at radius 3 is 2.48 bits per heavy atom. The van der Waals surface area contributed by atoms with Crippen LogP contribution in [0.25, 0.3) is 0 Å². The number of amides is 2. The molecule has 1 fully saturated rings. The summed E-state index contributed by atoms with van der Waals surface area (Å²) >= 11 is 11.9. The van der Waals surface area contributed by atoms with Crippen LogP contribution in [0, 0.1) is 5.41 Å². The number of hydrogen-bond acceptors (Lipinski definition) is 2. The molecular weight excluding hydrogens is 315 g/mol. The molecule has 0 spiro atoms. The standard InChI is InChI=1S/C14H16Cl2N2O3/c1-14(12(19)20)4-6-18(7-5-14)13(21)17-11-8-9(15)2-3-10(11)16/h2-3,8H,4-7H2,1H3,(H,17,21)(H,19,20). The molecule has 0 aromatic heterocycles. The molecule has 2 N–H and O–H groups in total. The second-order valence-electron chi connectivity index (χ2n) is 5.41. The van der Waals surface area contributed by atoms with Crippen molar-refractivity contribution >= 4 is 40.9 Å². The lowest BCUT2D eigenvalue weighted by molar-refractivity contribution is -0.150. The first-order chi connectivity index (χ1) is 9.82. The van der Waals surface area contributed by atoms with Crippen LogP contribution in [0.4, 0.5) is 10.5 Å². The summed E-state index contributed by atoms with van der Waals surface area (Å²) in [6.45, 7) is 2.50. The van der Waals surface area contributed by atoms with E-state index in [9.17, 15) is 14.7 Å². The molecule has 1 heterocycles. The maximum absolute atomic E-state index is 12.2. The van der Waals surface area contributed by atoms with E-state index in [1.54, 1.807) is 30.0 Å². The van der Waals surface area contributed by atoms with Crippen molar-refractivity contribution in [2.75, 3.05) is 18.4 Å². The molecule has 21 heavy (non-hydrogen) atoms. The highest BCUT2D eigenvalue weighted by atomic mass is 35.5. The number of carbonyl (C=O) groups excluding carboxylic acids is 1. The summed E-state index contributed by atoms with van der Waals surface area (Å²) in [6.07, 6.45) is 0.859. The van der Waals surface area contributed by atoms with Gasteiger partial charge in [0.1, 0.15) is 0 Å². The van der Waals surface area contributed by atoms with E-state index in [-0.39, 0.29) is 6.03 Å². The van der Waals surface area contributed by atoms with Crippen LogP contribution < -0.4 is 5.32 Å². The molecule has 7 heteroatoms. The zero-order chi connectivity index (χ0) is 15.6. The number of carboxylic acids is 1. The highest BCUT2D eigenvalue weighted by Crippen LogP contribution is 2.32. The minimum Gasteiger partial charge on any atom is -0.481 e. The van der Waals surface area contributed by atoms with Crippen molar-refractivity contribution in [3.63, 3.8) is 0 Å². The van der Waals surface area contributed by atoms with Gasteiger partial charge in [-0.2, -0.15) is 0 Å². The Morgan fingerprint density at radius 1 is 1.29 bits per heavy atom. The predicted octanol–water partition coefficient (Wildman–Crippen LogP) is 3.71. The number of carbonyl (C=O) groups is 2. The molecule has 1 aliphatic rings. The Morgan fingerprint density at radius 2 is 1.90 bits per heavy atom. The van der Waals surface area contributed by atoms with E-state index < -0.39 is 11.4 Å². The monoisotopic (exact) mass is 330 g/mol. The quantitative estimate of drug-likeness (QED) is 0.868. The molecule has 114 valence electrons. The molecule has 2 rings (SSSR count). The number of aliphatic carboxylic acids is 1. The van der Waals surface area contributed by atoms with E-state index >= 15 is 0 Å². The third-order valence-electron chi connectivity index (χ3n) is 3.84. The second kappa shape index (κ2) is 6.12. The van der Waals surface area contributed by atoms with E-state index in [0.717, 1.165) is 0 Å².